The Morgan fingerprint density at radius 3 is 2.52 bits per heavy atom. The van der Waals surface area contributed by atoms with Crippen LogP contribution in [-0.2, 0) is 20.9 Å². The summed E-state index contributed by atoms with van der Waals surface area (Å²) in [4.78, 5) is 38.9. The lowest BCUT2D eigenvalue weighted by atomic mass is 10.1. The van der Waals surface area contributed by atoms with E-state index in [0.717, 1.165) is 6.20 Å². The van der Waals surface area contributed by atoms with E-state index in [9.17, 15) is 14.4 Å². The molecule has 0 saturated carbocycles. The Morgan fingerprint density at radius 2 is 1.89 bits per heavy atom. The fraction of sp³-hybridized carbons (Fsp3) is 0.263. The molecule has 0 spiro atoms. The SMILES string of the molecule is CC(C)OCC(=O)OCc1ccccc1C(=O)Nc1ccc(C(=O)O)cn1. The van der Waals surface area contributed by atoms with Crippen molar-refractivity contribution in [3.8, 4) is 0 Å². The second-order valence-corrected chi connectivity index (χ2v) is 5.87. The number of anilines is 1. The molecule has 1 aromatic heterocycles. The van der Waals surface area contributed by atoms with Gasteiger partial charge in [0.2, 0.25) is 0 Å². The third-order valence-electron chi connectivity index (χ3n) is 3.44. The van der Waals surface area contributed by atoms with Crippen molar-refractivity contribution in [2.75, 3.05) is 11.9 Å². The number of nitrogens with zero attached hydrogens (tertiary/aromatic N) is 1. The number of pyridine rings is 1. The first-order chi connectivity index (χ1) is 12.9. The molecule has 0 aliphatic rings. The third-order valence-corrected chi connectivity index (χ3v) is 3.44. The van der Waals surface area contributed by atoms with Crippen molar-refractivity contribution in [2.24, 2.45) is 0 Å². The molecular weight excluding hydrogens is 352 g/mol. The molecular formula is C19H20N2O6. The molecule has 1 aromatic carbocycles. The first-order valence-electron chi connectivity index (χ1n) is 8.22. The van der Waals surface area contributed by atoms with E-state index < -0.39 is 17.8 Å². The van der Waals surface area contributed by atoms with Crippen LogP contribution in [0.4, 0.5) is 5.82 Å². The van der Waals surface area contributed by atoms with E-state index in [4.69, 9.17) is 14.6 Å². The Morgan fingerprint density at radius 1 is 1.15 bits per heavy atom. The molecule has 27 heavy (non-hydrogen) atoms. The van der Waals surface area contributed by atoms with Gasteiger partial charge in [-0.25, -0.2) is 14.6 Å². The Kier molecular flexibility index (Phi) is 7.01. The predicted octanol–water partition coefficient (Wildman–Crippen LogP) is 2.50. The van der Waals surface area contributed by atoms with Gasteiger partial charge >= 0.3 is 11.9 Å². The van der Waals surface area contributed by atoms with Crippen LogP contribution in [0.15, 0.2) is 42.6 Å². The summed E-state index contributed by atoms with van der Waals surface area (Å²) in [6.07, 6.45) is 1.07. The van der Waals surface area contributed by atoms with Crippen molar-refractivity contribution in [1.29, 1.82) is 0 Å². The van der Waals surface area contributed by atoms with Crippen molar-refractivity contribution >= 4 is 23.7 Å². The number of esters is 1. The molecule has 0 unspecified atom stereocenters. The number of hydrogen-bond donors (Lipinski definition) is 2. The highest BCUT2D eigenvalue weighted by molar-refractivity contribution is 6.05. The van der Waals surface area contributed by atoms with Crippen molar-refractivity contribution < 1.29 is 29.0 Å². The number of carboxylic acids is 1. The fourth-order valence-corrected chi connectivity index (χ4v) is 2.08. The van der Waals surface area contributed by atoms with Gasteiger partial charge in [-0.2, -0.15) is 0 Å². The molecule has 2 rings (SSSR count). The summed E-state index contributed by atoms with van der Waals surface area (Å²) in [6, 6.07) is 9.41. The summed E-state index contributed by atoms with van der Waals surface area (Å²) in [5.41, 5.74) is 0.859. The third kappa shape index (κ3) is 6.19. The highest BCUT2D eigenvalue weighted by Crippen LogP contribution is 2.13. The minimum Gasteiger partial charge on any atom is -0.478 e. The van der Waals surface area contributed by atoms with Crippen molar-refractivity contribution in [2.45, 2.75) is 26.6 Å². The Balaban J connectivity index is 2.02. The lowest BCUT2D eigenvalue weighted by Gasteiger charge is -2.11. The summed E-state index contributed by atoms with van der Waals surface area (Å²) in [7, 11) is 0. The van der Waals surface area contributed by atoms with Crippen LogP contribution < -0.4 is 5.32 Å². The van der Waals surface area contributed by atoms with Crippen LogP contribution in [0.5, 0.6) is 0 Å². The van der Waals surface area contributed by atoms with E-state index in [-0.39, 0.29) is 30.7 Å². The standard InChI is InChI=1S/C19H20N2O6/c1-12(2)26-11-17(22)27-10-14-5-3-4-6-15(14)18(23)21-16-8-7-13(9-20-16)19(24)25/h3-9,12H,10-11H2,1-2H3,(H,24,25)(H,20,21,23). The molecule has 2 N–H and O–H groups in total. The summed E-state index contributed by atoms with van der Waals surface area (Å²) in [5, 5.41) is 11.5. The number of ether oxygens (including phenoxy) is 2. The number of aromatic carboxylic acids is 1. The minimum atomic E-state index is -1.10. The molecule has 0 aliphatic heterocycles. The van der Waals surface area contributed by atoms with Crippen LogP contribution in [0.2, 0.25) is 0 Å². The molecule has 142 valence electrons. The molecule has 0 bridgehead atoms. The quantitative estimate of drug-likeness (QED) is 0.684. The van der Waals surface area contributed by atoms with Gasteiger partial charge in [0.15, 0.2) is 0 Å². The normalized spacial score (nSPS) is 10.5. The number of hydrogen-bond acceptors (Lipinski definition) is 6. The summed E-state index contributed by atoms with van der Waals surface area (Å²) >= 11 is 0. The molecule has 0 fully saturated rings. The van der Waals surface area contributed by atoms with Crippen LogP contribution in [0.3, 0.4) is 0 Å². The van der Waals surface area contributed by atoms with E-state index in [1.165, 1.54) is 12.1 Å². The van der Waals surface area contributed by atoms with Gasteiger partial charge in [-0.1, -0.05) is 18.2 Å². The highest BCUT2D eigenvalue weighted by atomic mass is 16.6. The lowest BCUT2D eigenvalue weighted by molar-refractivity contribution is -0.151. The molecule has 0 atom stereocenters. The second kappa shape index (κ2) is 9.44. The number of benzene rings is 1. The maximum atomic E-state index is 12.5. The van der Waals surface area contributed by atoms with E-state index in [0.29, 0.717) is 11.1 Å². The van der Waals surface area contributed by atoms with Crippen molar-refractivity contribution in [1.82, 2.24) is 4.98 Å². The van der Waals surface area contributed by atoms with Gasteiger partial charge in [0.25, 0.3) is 5.91 Å². The molecule has 1 amide bonds. The van der Waals surface area contributed by atoms with Crippen LogP contribution in [0, 0.1) is 0 Å². The Bertz CT molecular complexity index is 817. The fourth-order valence-electron chi connectivity index (χ4n) is 2.08. The summed E-state index contributed by atoms with van der Waals surface area (Å²) in [5.74, 6) is -1.86. The predicted molar refractivity (Wildman–Crippen MR) is 96.5 cm³/mol. The van der Waals surface area contributed by atoms with Gasteiger partial charge in [0.05, 0.1) is 11.7 Å². The largest absolute Gasteiger partial charge is 0.478 e. The van der Waals surface area contributed by atoms with Crippen LogP contribution in [-0.4, -0.2) is 40.6 Å². The van der Waals surface area contributed by atoms with E-state index in [1.54, 1.807) is 24.3 Å². The van der Waals surface area contributed by atoms with Crippen LogP contribution >= 0.6 is 0 Å². The van der Waals surface area contributed by atoms with Gasteiger partial charge in [-0.05, 0) is 32.0 Å². The molecule has 2 aromatic rings. The zero-order valence-electron chi connectivity index (χ0n) is 15.0. The molecule has 0 aliphatic carbocycles. The first-order valence-corrected chi connectivity index (χ1v) is 8.22. The average molecular weight is 372 g/mol. The molecule has 1 heterocycles. The lowest BCUT2D eigenvalue weighted by Crippen LogP contribution is -2.18. The average Bonchev–Trinajstić information content (AvgIpc) is 2.65. The van der Waals surface area contributed by atoms with E-state index in [1.807, 2.05) is 13.8 Å². The van der Waals surface area contributed by atoms with Crippen LogP contribution in [0.1, 0.15) is 40.1 Å². The highest BCUT2D eigenvalue weighted by Gasteiger charge is 2.14. The van der Waals surface area contributed by atoms with Gasteiger partial charge in [-0.3, -0.25) is 4.79 Å². The Hall–Kier alpha value is -3.26. The number of carbonyl (C=O) groups is 3. The van der Waals surface area contributed by atoms with Gasteiger partial charge in [0, 0.05) is 17.3 Å². The maximum Gasteiger partial charge on any atom is 0.337 e. The van der Waals surface area contributed by atoms with Crippen molar-refractivity contribution in [3.63, 3.8) is 0 Å². The number of rotatable bonds is 8. The maximum absolute atomic E-state index is 12.5. The van der Waals surface area contributed by atoms with Crippen LogP contribution in [0.25, 0.3) is 0 Å². The second-order valence-electron chi connectivity index (χ2n) is 5.87. The summed E-state index contributed by atoms with van der Waals surface area (Å²) < 4.78 is 10.3. The molecule has 0 saturated heterocycles. The monoisotopic (exact) mass is 372 g/mol. The topological polar surface area (TPSA) is 115 Å². The minimum absolute atomic E-state index is 0.0175. The molecule has 0 radical (unpaired) electrons. The Labute approximate surface area is 156 Å². The number of aromatic nitrogens is 1. The smallest absolute Gasteiger partial charge is 0.337 e. The van der Waals surface area contributed by atoms with Gasteiger partial charge in [-0.15, -0.1) is 0 Å². The number of carbonyl (C=O) groups excluding carboxylic acids is 2. The van der Waals surface area contributed by atoms with E-state index >= 15 is 0 Å². The molecule has 8 nitrogen and oxygen atoms in total. The number of amides is 1. The first kappa shape index (κ1) is 20.1. The van der Waals surface area contributed by atoms with Gasteiger partial charge < -0.3 is 19.9 Å². The van der Waals surface area contributed by atoms with Crippen molar-refractivity contribution in [3.05, 3.63) is 59.3 Å². The number of carboxylic acid groups (broad SMARTS) is 1. The zero-order chi connectivity index (χ0) is 19.8. The zero-order valence-corrected chi connectivity index (χ0v) is 15.0. The number of nitrogens with one attached hydrogen (secondary N) is 1. The van der Waals surface area contributed by atoms with E-state index in [2.05, 4.69) is 10.3 Å². The molecule has 8 heteroatoms. The summed E-state index contributed by atoms with van der Waals surface area (Å²) in [6.45, 7) is 3.38. The van der Waals surface area contributed by atoms with Gasteiger partial charge in [0.1, 0.15) is 19.0 Å².